The Morgan fingerprint density at radius 1 is 0.957 bits per heavy atom. The number of anilines is 1. The second-order valence-electron chi connectivity index (χ2n) is 4.92. The zero-order valence-electron chi connectivity index (χ0n) is 12.1. The van der Waals surface area contributed by atoms with Crippen LogP contribution in [0.1, 0.15) is 5.56 Å². The van der Waals surface area contributed by atoms with E-state index in [0.29, 0.717) is 5.69 Å². The average molecular weight is 394 g/mol. The normalized spacial score (nSPS) is 13.6. The van der Waals surface area contributed by atoms with Crippen molar-refractivity contribution >= 4 is 50.5 Å². The third-order valence-corrected chi connectivity index (χ3v) is 5.11. The summed E-state index contributed by atoms with van der Waals surface area (Å²) >= 11 is 17.7. The molecule has 2 aromatic rings. The first-order chi connectivity index (χ1) is 10.7. The van der Waals surface area contributed by atoms with E-state index >= 15 is 0 Å². The van der Waals surface area contributed by atoms with Gasteiger partial charge in [0.15, 0.2) is 0 Å². The van der Waals surface area contributed by atoms with Gasteiger partial charge in [-0.05, 0) is 31.2 Å². The number of hydrogen-bond acceptors (Lipinski definition) is 3. The summed E-state index contributed by atoms with van der Waals surface area (Å²) < 4.78 is 25.4. The first-order valence-corrected chi connectivity index (χ1v) is 9.27. The molecule has 0 heterocycles. The first kappa shape index (κ1) is 18.4. The Labute approximate surface area is 150 Å². The van der Waals surface area contributed by atoms with Gasteiger partial charge in [0.05, 0.1) is 4.90 Å². The molecule has 1 atom stereocenters. The van der Waals surface area contributed by atoms with Crippen molar-refractivity contribution in [3.63, 3.8) is 0 Å². The molecule has 0 bridgehead atoms. The van der Waals surface area contributed by atoms with E-state index in [9.17, 15) is 8.42 Å². The minimum Gasteiger partial charge on any atom is -0.365 e. The molecule has 0 aliphatic rings. The number of aryl methyl sites for hydroxylation is 1. The number of hydrogen-bond donors (Lipinski definition) is 2. The largest absolute Gasteiger partial charge is 0.365 e. The summed E-state index contributed by atoms with van der Waals surface area (Å²) in [6.45, 7) is 1.87. The predicted octanol–water partition coefficient (Wildman–Crippen LogP) is 4.08. The van der Waals surface area contributed by atoms with E-state index < -0.39 is 20.0 Å². The van der Waals surface area contributed by atoms with Crippen molar-refractivity contribution in [3.8, 4) is 0 Å². The van der Waals surface area contributed by atoms with Crippen LogP contribution in [0.25, 0.3) is 0 Å². The lowest BCUT2D eigenvalue weighted by Crippen LogP contribution is -2.48. The van der Waals surface area contributed by atoms with Crippen LogP contribution in [0, 0.1) is 6.92 Å². The van der Waals surface area contributed by atoms with Crippen LogP contribution in [0.15, 0.2) is 59.5 Å². The fraction of sp³-hybridized carbons (Fsp3) is 0.200. The molecule has 0 radical (unpaired) electrons. The Morgan fingerprint density at radius 2 is 1.52 bits per heavy atom. The third kappa shape index (κ3) is 5.26. The molecule has 2 N–H and O–H groups in total. The molecule has 0 saturated carbocycles. The molecule has 124 valence electrons. The monoisotopic (exact) mass is 392 g/mol. The molecule has 2 rings (SSSR count). The number of halogens is 3. The third-order valence-electron chi connectivity index (χ3n) is 3.02. The second kappa shape index (κ2) is 7.28. The molecule has 0 aromatic heterocycles. The number of para-hydroxylation sites is 1. The van der Waals surface area contributed by atoms with Crippen LogP contribution in [0.2, 0.25) is 0 Å². The molecule has 0 amide bonds. The highest BCUT2D eigenvalue weighted by molar-refractivity contribution is 7.89. The van der Waals surface area contributed by atoms with Gasteiger partial charge in [0.25, 0.3) is 0 Å². The van der Waals surface area contributed by atoms with Crippen LogP contribution in [-0.4, -0.2) is 18.4 Å². The highest BCUT2D eigenvalue weighted by Crippen LogP contribution is 2.32. The Kier molecular flexibility index (Phi) is 5.81. The number of rotatable bonds is 5. The highest BCUT2D eigenvalue weighted by atomic mass is 35.6. The van der Waals surface area contributed by atoms with Crippen LogP contribution in [0.3, 0.4) is 0 Å². The number of alkyl halides is 3. The zero-order chi connectivity index (χ0) is 17.1. The van der Waals surface area contributed by atoms with E-state index in [2.05, 4.69) is 10.0 Å². The van der Waals surface area contributed by atoms with E-state index in [-0.39, 0.29) is 4.90 Å². The summed E-state index contributed by atoms with van der Waals surface area (Å²) in [5.41, 5.74) is 1.57. The van der Waals surface area contributed by atoms with E-state index in [0.717, 1.165) is 5.56 Å². The smallest absolute Gasteiger partial charge is 0.242 e. The van der Waals surface area contributed by atoms with Gasteiger partial charge in [0.2, 0.25) is 13.8 Å². The van der Waals surface area contributed by atoms with E-state index in [1.165, 1.54) is 12.1 Å². The van der Waals surface area contributed by atoms with Crippen molar-refractivity contribution in [1.29, 1.82) is 0 Å². The molecular weight excluding hydrogens is 379 g/mol. The molecule has 0 aliphatic heterocycles. The fourth-order valence-electron chi connectivity index (χ4n) is 1.82. The van der Waals surface area contributed by atoms with Gasteiger partial charge in [-0.2, -0.15) is 4.72 Å². The topological polar surface area (TPSA) is 58.2 Å². The van der Waals surface area contributed by atoms with Crippen molar-refractivity contribution in [2.45, 2.75) is 21.8 Å². The second-order valence-corrected chi connectivity index (χ2v) is 9.00. The van der Waals surface area contributed by atoms with Crippen molar-refractivity contribution in [2.75, 3.05) is 5.32 Å². The highest BCUT2D eigenvalue weighted by Gasteiger charge is 2.36. The number of nitrogens with one attached hydrogen (secondary N) is 2. The van der Waals surface area contributed by atoms with Gasteiger partial charge < -0.3 is 5.32 Å². The lowest BCUT2D eigenvalue weighted by molar-refractivity contribution is 0.565. The molecular formula is C15H15Cl3N2O2S. The zero-order valence-corrected chi connectivity index (χ0v) is 15.2. The lowest BCUT2D eigenvalue weighted by Gasteiger charge is -2.27. The van der Waals surface area contributed by atoms with Crippen LogP contribution in [0.5, 0.6) is 0 Å². The maximum Gasteiger partial charge on any atom is 0.242 e. The van der Waals surface area contributed by atoms with E-state index in [1.54, 1.807) is 36.4 Å². The standard InChI is InChI=1S/C15H15Cl3N2O2S/c1-11-7-9-13(10-8-11)23(21,22)20-14(15(16,17)18)19-12-5-3-2-4-6-12/h2-10,14,19-20H,1H3/t14-/m1/s1. The van der Waals surface area contributed by atoms with Gasteiger partial charge in [-0.15, -0.1) is 0 Å². The Balaban J connectivity index is 2.25. The molecule has 23 heavy (non-hydrogen) atoms. The maximum atomic E-state index is 12.5. The number of benzene rings is 2. The molecule has 4 nitrogen and oxygen atoms in total. The minimum atomic E-state index is -3.85. The van der Waals surface area contributed by atoms with Gasteiger partial charge in [0, 0.05) is 5.69 Å². The van der Waals surface area contributed by atoms with E-state index in [4.69, 9.17) is 34.8 Å². The van der Waals surface area contributed by atoms with Gasteiger partial charge >= 0.3 is 0 Å². The maximum absolute atomic E-state index is 12.5. The molecule has 0 saturated heterocycles. The quantitative estimate of drug-likeness (QED) is 0.594. The molecule has 0 unspecified atom stereocenters. The summed E-state index contributed by atoms with van der Waals surface area (Å²) in [6, 6.07) is 15.3. The van der Waals surface area contributed by atoms with Gasteiger partial charge in [-0.25, -0.2) is 8.42 Å². The predicted molar refractivity (Wildman–Crippen MR) is 95.6 cm³/mol. The summed E-state index contributed by atoms with van der Waals surface area (Å²) in [5.74, 6) is 0. The van der Waals surface area contributed by atoms with Crippen molar-refractivity contribution in [2.24, 2.45) is 0 Å². The molecule has 0 aliphatic carbocycles. The van der Waals surface area contributed by atoms with Crippen molar-refractivity contribution in [3.05, 3.63) is 60.2 Å². The fourth-order valence-corrected chi connectivity index (χ4v) is 3.52. The number of sulfonamides is 1. The van der Waals surface area contributed by atoms with E-state index in [1.807, 2.05) is 13.0 Å². The lowest BCUT2D eigenvalue weighted by atomic mass is 10.2. The molecule has 8 heteroatoms. The molecule has 2 aromatic carbocycles. The van der Waals surface area contributed by atoms with Crippen LogP contribution in [-0.2, 0) is 10.0 Å². The van der Waals surface area contributed by atoms with Crippen molar-refractivity contribution in [1.82, 2.24) is 4.72 Å². The summed E-state index contributed by atoms with van der Waals surface area (Å²) in [6.07, 6.45) is -1.14. The molecule has 0 spiro atoms. The van der Waals surface area contributed by atoms with Crippen molar-refractivity contribution < 1.29 is 8.42 Å². The van der Waals surface area contributed by atoms with Crippen LogP contribution < -0.4 is 10.0 Å². The van der Waals surface area contributed by atoms with Gasteiger partial charge in [-0.3, -0.25) is 0 Å². The minimum absolute atomic E-state index is 0.0946. The summed E-state index contributed by atoms with van der Waals surface area (Å²) in [7, 11) is -3.85. The first-order valence-electron chi connectivity index (χ1n) is 6.66. The van der Waals surface area contributed by atoms with Crippen LogP contribution in [0.4, 0.5) is 5.69 Å². The van der Waals surface area contributed by atoms with Gasteiger partial charge in [0.1, 0.15) is 6.17 Å². The Hall–Kier alpha value is -0.980. The van der Waals surface area contributed by atoms with Gasteiger partial charge in [-0.1, -0.05) is 70.7 Å². The Morgan fingerprint density at radius 3 is 2.04 bits per heavy atom. The summed E-state index contributed by atoms with van der Waals surface area (Å²) in [4.78, 5) is 0.0946. The molecule has 0 fully saturated rings. The SMILES string of the molecule is Cc1ccc(S(=O)(=O)N[C@@H](Nc2ccccc2)C(Cl)(Cl)Cl)cc1. The Bertz CT molecular complexity index is 745. The van der Waals surface area contributed by atoms with Crippen LogP contribution >= 0.6 is 34.8 Å². The average Bonchev–Trinajstić information content (AvgIpc) is 2.47. The summed E-state index contributed by atoms with van der Waals surface area (Å²) in [5, 5.41) is 2.87.